The van der Waals surface area contributed by atoms with Crippen molar-refractivity contribution in [3.05, 3.63) is 0 Å². The third kappa shape index (κ3) is 4.48. The minimum Gasteiger partial charge on any atom is -0.468 e. The summed E-state index contributed by atoms with van der Waals surface area (Å²) >= 11 is 0. The number of ether oxygens (including phenoxy) is 2. The van der Waals surface area contributed by atoms with Gasteiger partial charge >= 0.3 is 11.9 Å². The van der Waals surface area contributed by atoms with E-state index in [1.54, 1.807) is 0 Å². The van der Waals surface area contributed by atoms with Crippen LogP contribution in [0.4, 0.5) is 0 Å². The Morgan fingerprint density at radius 3 is 1.43 bits per heavy atom. The molecule has 0 aliphatic heterocycles. The Morgan fingerprint density at radius 2 is 1.13 bits per heavy atom. The first-order valence-electron chi connectivity index (χ1n) is 9.29. The van der Waals surface area contributed by atoms with Crippen molar-refractivity contribution >= 4 is 11.9 Å². The van der Waals surface area contributed by atoms with Gasteiger partial charge in [0.1, 0.15) is 0 Å². The fourth-order valence-electron chi connectivity index (χ4n) is 4.51. The normalized spacial score (nSPS) is 19.9. The van der Waals surface area contributed by atoms with E-state index in [4.69, 9.17) is 9.47 Å². The van der Waals surface area contributed by atoms with E-state index >= 15 is 0 Å². The summed E-state index contributed by atoms with van der Waals surface area (Å²) < 4.78 is 10.1. The zero-order valence-corrected chi connectivity index (χ0v) is 14.8. The molecule has 2 fully saturated rings. The molecule has 132 valence electrons. The standard InChI is InChI=1S/C19H32O4/c1-22-17(20)19(18(21)23-2,13-11-15-7-3-4-8-15)14-12-16-9-5-6-10-16/h15-16H,3-14H2,1-2H3. The van der Waals surface area contributed by atoms with Crippen LogP contribution in [0, 0.1) is 17.3 Å². The molecule has 0 unspecified atom stereocenters. The molecule has 2 aliphatic rings. The van der Waals surface area contributed by atoms with Crippen LogP contribution in [-0.4, -0.2) is 26.2 Å². The Bertz CT molecular complexity index is 354. The molecule has 2 saturated carbocycles. The van der Waals surface area contributed by atoms with Gasteiger partial charge in [0.05, 0.1) is 14.2 Å². The average Bonchev–Trinajstić information content (AvgIpc) is 3.27. The maximum absolute atomic E-state index is 12.5. The summed E-state index contributed by atoms with van der Waals surface area (Å²) in [5.41, 5.74) is -1.09. The van der Waals surface area contributed by atoms with Crippen LogP contribution in [0.1, 0.15) is 77.0 Å². The van der Waals surface area contributed by atoms with Crippen LogP contribution in [0.25, 0.3) is 0 Å². The smallest absolute Gasteiger partial charge is 0.323 e. The fourth-order valence-corrected chi connectivity index (χ4v) is 4.51. The second-order valence-electron chi connectivity index (χ2n) is 7.44. The SMILES string of the molecule is COC(=O)C(CCC1CCCC1)(CCC1CCCC1)C(=O)OC. The molecule has 0 amide bonds. The Balaban J connectivity index is 2.07. The fraction of sp³-hybridized carbons (Fsp3) is 0.895. The Hall–Kier alpha value is -1.06. The van der Waals surface area contributed by atoms with Crippen molar-refractivity contribution in [1.82, 2.24) is 0 Å². The van der Waals surface area contributed by atoms with Crippen LogP contribution in [0.5, 0.6) is 0 Å². The van der Waals surface area contributed by atoms with Crippen LogP contribution < -0.4 is 0 Å². The van der Waals surface area contributed by atoms with E-state index in [0.29, 0.717) is 24.7 Å². The van der Waals surface area contributed by atoms with Crippen molar-refractivity contribution in [1.29, 1.82) is 0 Å². The summed E-state index contributed by atoms with van der Waals surface area (Å²) in [5.74, 6) is 0.492. The summed E-state index contributed by atoms with van der Waals surface area (Å²) in [4.78, 5) is 25.0. The molecule has 4 nitrogen and oxygen atoms in total. The van der Waals surface area contributed by atoms with Gasteiger partial charge in [-0.1, -0.05) is 51.4 Å². The van der Waals surface area contributed by atoms with Crippen LogP contribution in [0.15, 0.2) is 0 Å². The van der Waals surface area contributed by atoms with Gasteiger partial charge in [0.2, 0.25) is 0 Å². The third-order valence-electron chi connectivity index (χ3n) is 6.06. The van der Waals surface area contributed by atoms with Gasteiger partial charge in [-0.25, -0.2) is 0 Å². The number of hydrogen-bond donors (Lipinski definition) is 0. The van der Waals surface area contributed by atoms with Gasteiger partial charge in [-0.2, -0.15) is 0 Å². The van der Waals surface area contributed by atoms with Crippen LogP contribution in [-0.2, 0) is 19.1 Å². The first kappa shape index (κ1) is 18.3. The van der Waals surface area contributed by atoms with Gasteiger partial charge in [0.15, 0.2) is 5.41 Å². The van der Waals surface area contributed by atoms with E-state index in [9.17, 15) is 9.59 Å². The number of methoxy groups -OCH3 is 2. The lowest BCUT2D eigenvalue weighted by Crippen LogP contribution is -2.42. The molecule has 0 saturated heterocycles. The highest BCUT2D eigenvalue weighted by atomic mass is 16.5. The van der Waals surface area contributed by atoms with Crippen molar-refractivity contribution < 1.29 is 19.1 Å². The average molecular weight is 324 g/mol. The maximum atomic E-state index is 12.5. The maximum Gasteiger partial charge on any atom is 0.323 e. The van der Waals surface area contributed by atoms with E-state index in [1.807, 2.05) is 0 Å². The molecule has 2 aliphatic carbocycles. The largest absolute Gasteiger partial charge is 0.468 e. The highest BCUT2D eigenvalue weighted by molar-refractivity contribution is 5.99. The van der Waals surface area contributed by atoms with Crippen LogP contribution >= 0.6 is 0 Å². The number of rotatable bonds is 8. The van der Waals surface area contributed by atoms with Gasteiger partial charge < -0.3 is 9.47 Å². The summed E-state index contributed by atoms with van der Waals surface area (Å²) in [5, 5.41) is 0. The number of esters is 2. The quantitative estimate of drug-likeness (QED) is 0.494. The van der Waals surface area contributed by atoms with Gasteiger partial charge in [-0.3, -0.25) is 9.59 Å². The van der Waals surface area contributed by atoms with Gasteiger partial charge in [-0.05, 0) is 37.5 Å². The molecular formula is C19H32O4. The molecule has 0 aromatic heterocycles. The van der Waals surface area contributed by atoms with Gasteiger partial charge in [0, 0.05) is 0 Å². The lowest BCUT2D eigenvalue weighted by molar-refractivity contribution is -0.171. The second-order valence-corrected chi connectivity index (χ2v) is 7.44. The molecule has 0 N–H and O–H groups in total. The molecule has 4 heteroatoms. The predicted octanol–water partition coefficient (Wildman–Crippen LogP) is 4.26. The molecule has 0 bridgehead atoms. The Labute approximate surface area is 140 Å². The highest BCUT2D eigenvalue weighted by Crippen LogP contribution is 2.40. The van der Waals surface area contributed by atoms with Crippen molar-refractivity contribution in [3.63, 3.8) is 0 Å². The highest BCUT2D eigenvalue weighted by Gasteiger charge is 2.48. The molecule has 0 aromatic rings. The number of hydrogen-bond acceptors (Lipinski definition) is 4. The van der Waals surface area contributed by atoms with E-state index in [2.05, 4.69) is 0 Å². The molecule has 2 rings (SSSR count). The first-order chi connectivity index (χ1) is 11.1. The zero-order valence-electron chi connectivity index (χ0n) is 14.8. The minimum absolute atomic E-state index is 0.402. The van der Waals surface area contributed by atoms with Gasteiger partial charge in [-0.15, -0.1) is 0 Å². The Morgan fingerprint density at radius 1 is 0.783 bits per heavy atom. The topological polar surface area (TPSA) is 52.6 Å². The lowest BCUT2D eigenvalue weighted by atomic mass is 9.75. The molecule has 0 aromatic carbocycles. The molecule has 23 heavy (non-hydrogen) atoms. The summed E-state index contributed by atoms with van der Waals surface area (Å²) in [6, 6.07) is 0. The molecule has 0 heterocycles. The monoisotopic (exact) mass is 324 g/mol. The number of carbonyl (C=O) groups is 2. The minimum atomic E-state index is -1.09. The van der Waals surface area contributed by atoms with Crippen molar-refractivity contribution in [2.75, 3.05) is 14.2 Å². The molecular weight excluding hydrogens is 292 g/mol. The van der Waals surface area contributed by atoms with E-state index in [-0.39, 0.29) is 0 Å². The molecule has 0 spiro atoms. The molecule has 0 atom stereocenters. The summed E-state index contributed by atoms with van der Waals surface area (Å²) in [6.07, 6.45) is 13.0. The zero-order chi connectivity index (χ0) is 16.7. The second kappa shape index (κ2) is 8.70. The third-order valence-corrected chi connectivity index (χ3v) is 6.06. The summed E-state index contributed by atoms with van der Waals surface area (Å²) in [7, 11) is 2.76. The lowest BCUT2D eigenvalue weighted by Gasteiger charge is -2.30. The first-order valence-corrected chi connectivity index (χ1v) is 9.29. The van der Waals surface area contributed by atoms with Crippen LogP contribution in [0.2, 0.25) is 0 Å². The molecule has 0 radical (unpaired) electrons. The van der Waals surface area contributed by atoms with E-state index in [1.165, 1.54) is 65.6 Å². The van der Waals surface area contributed by atoms with Gasteiger partial charge in [0.25, 0.3) is 0 Å². The van der Waals surface area contributed by atoms with Crippen LogP contribution in [0.3, 0.4) is 0 Å². The summed E-state index contributed by atoms with van der Waals surface area (Å²) in [6.45, 7) is 0. The van der Waals surface area contributed by atoms with Crippen molar-refractivity contribution in [2.45, 2.75) is 77.0 Å². The van der Waals surface area contributed by atoms with E-state index < -0.39 is 17.4 Å². The van der Waals surface area contributed by atoms with Crippen molar-refractivity contribution in [2.24, 2.45) is 17.3 Å². The number of carbonyl (C=O) groups excluding carboxylic acids is 2. The van der Waals surface area contributed by atoms with Crippen molar-refractivity contribution in [3.8, 4) is 0 Å². The predicted molar refractivity (Wildman–Crippen MR) is 88.8 cm³/mol. The van der Waals surface area contributed by atoms with E-state index in [0.717, 1.165) is 12.8 Å². The Kier molecular flexibility index (Phi) is 6.91.